The summed E-state index contributed by atoms with van der Waals surface area (Å²) in [5.41, 5.74) is 2.30. The number of hydrogen-bond donors (Lipinski definition) is 1. The quantitative estimate of drug-likeness (QED) is 0.590. The molecule has 1 N–H and O–H groups in total. The lowest BCUT2D eigenvalue weighted by molar-refractivity contribution is 0.0952. The summed E-state index contributed by atoms with van der Waals surface area (Å²) in [4.78, 5) is 17.4. The molecule has 8 heteroatoms. The van der Waals surface area contributed by atoms with Gasteiger partial charge in [-0.05, 0) is 50.1 Å². The molecule has 0 atom stereocenters. The van der Waals surface area contributed by atoms with E-state index in [0.717, 1.165) is 49.0 Å². The van der Waals surface area contributed by atoms with E-state index in [1.54, 1.807) is 25.2 Å². The molecule has 1 saturated carbocycles. The number of nitrogens with zero attached hydrogens (tertiary/aromatic N) is 3. The van der Waals surface area contributed by atoms with E-state index in [4.69, 9.17) is 0 Å². The van der Waals surface area contributed by atoms with Gasteiger partial charge in [0.05, 0.1) is 15.9 Å². The first kappa shape index (κ1) is 22.5. The maximum atomic E-state index is 13.1. The Balaban J connectivity index is 1.43. The molecule has 1 amide bonds. The first-order valence-corrected chi connectivity index (χ1v) is 12.6. The lowest BCUT2D eigenvalue weighted by atomic mass is 9.96. The SMILES string of the molecule is Cc1nc2ccccc2n1CCNC(=O)c1cccc(S(=O)(=O)N(C)C2CCCCC2)c1. The zero-order chi connectivity index (χ0) is 22.7. The number of amides is 1. The van der Waals surface area contributed by atoms with Crippen molar-refractivity contribution in [2.75, 3.05) is 13.6 Å². The largest absolute Gasteiger partial charge is 0.350 e. The molecule has 1 aliphatic carbocycles. The van der Waals surface area contributed by atoms with Gasteiger partial charge in [-0.25, -0.2) is 13.4 Å². The van der Waals surface area contributed by atoms with Crippen LogP contribution in [0, 0.1) is 6.92 Å². The summed E-state index contributed by atoms with van der Waals surface area (Å²) in [6, 6.07) is 14.2. The molecule has 170 valence electrons. The fraction of sp³-hybridized carbons (Fsp3) is 0.417. The first-order chi connectivity index (χ1) is 15.4. The molecule has 1 heterocycles. The van der Waals surface area contributed by atoms with Crippen molar-refractivity contribution in [1.82, 2.24) is 19.2 Å². The predicted molar refractivity (Wildman–Crippen MR) is 125 cm³/mol. The number of nitrogens with one attached hydrogen (secondary N) is 1. The van der Waals surface area contributed by atoms with E-state index in [1.807, 2.05) is 31.2 Å². The van der Waals surface area contributed by atoms with Crippen LogP contribution in [-0.4, -0.2) is 47.8 Å². The molecule has 0 spiro atoms. The van der Waals surface area contributed by atoms with Crippen molar-refractivity contribution in [3.63, 3.8) is 0 Å². The van der Waals surface area contributed by atoms with Gasteiger partial charge in [-0.3, -0.25) is 4.79 Å². The summed E-state index contributed by atoms with van der Waals surface area (Å²) in [5, 5.41) is 2.90. The van der Waals surface area contributed by atoms with Crippen LogP contribution in [0.25, 0.3) is 11.0 Å². The number of carbonyl (C=O) groups excluding carboxylic acids is 1. The minimum absolute atomic E-state index is 0.0273. The molecule has 0 saturated heterocycles. The molecule has 4 rings (SSSR count). The molecule has 1 aliphatic rings. The Kier molecular flexibility index (Phi) is 6.62. The topological polar surface area (TPSA) is 84.3 Å². The van der Waals surface area contributed by atoms with Gasteiger partial charge in [-0.15, -0.1) is 0 Å². The molecular weight excluding hydrogens is 424 g/mol. The van der Waals surface area contributed by atoms with Crippen LogP contribution in [0.3, 0.4) is 0 Å². The van der Waals surface area contributed by atoms with Gasteiger partial charge in [0.25, 0.3) is 5.91 Å². The Morgan fingerprint density at radius 3 is 2.66 bits per heavy atom. The van der Waals surface area contributed by atoms with E-state index in [1.165, 1.54) is 10.4 Å². The summed E-state index contributed by atoms with van der Waals surface area (Å²) >= 11 is 0. The maximum Gasteiger partial charge on any atom is 0.251 e. The molecular formula is C24H30N4O3S. The summed E-state index contributed by atoms with van der Waals surface area (Å²) in [6.45, 7) is 2.94. The van der Waals surface area contributed by atoms with E-state index < -0.39 is 10.0 Å². The second kappa shape index (κ2) is 9.42. The molecule has 32 heavy (non-hydrogen) atoms. The number of aryl methyl sites for hydroxylation is 1. The Morgan fingerprint density at radius 1 is 1.12 bits per heavy atom. The highest BCUT2D eigenvalue weighted by atomic mass is 32.2. The molecule has 7 nitrogen and oxygen atoms in total. The summed E-state index contributed by atoms with van der Waals surface area (Å²) in [6.07, 6.45) is 5.04. The number of rotatable bonds is 7. The third-order valence-electron chi connectivity index (χ3n) is 6.33. The lowest BCUT2D eigenvalue weighted by Gasteiger charge is -2.30. The Hall–Kier alpha value is -2.71. The summed E-state index contributed by atoms with van der Waals surface area (Å²) in [5.74, 6) is 0.601. The highest BCUT2D eigenvalue weighted by Gasteiger charge is 2.29. The number of carbonyl (C=O) groups is 1. The standard InChI is InChI=1S/C24H30N4O3S/c1-18-26-22-13-6-7-14-23(22)28(18)16-15-25-24(29)19-9-8-12-21(17-19)32(30,31)27(2)20-10-4-3-5-11-20/h6-9,12-14,17,20H,3-5,10-11,15-16H2,1-2H3,(H,25,29). The van der Waals surface area contributed by atoms with Gasteiger partial charge >= 0.3 is 0 Å². The molecule has 1 fully saturated rings. The van der Waals surface area contributed by atoms with Crippen LogP contribution in [0.15, 0.2) is 53.4 Å². The minimum Gasteiger partial charge on any atom is -0.350 e. The van der Waals surface area contributed by atoms with Gasteiger partial charge in [0.1, 0.15) is 5.82 Å². The second-order valence-electron chi connectivity index (χ2n) is 8.40. The minimum atomic E-state index is -3.64. The molecule has 3 aromatic rings. The van der Waals surface area contributed by atoms with Crippen molar-refractivity contribution in [3.05, 3.63) is 59.9 Å². The molecule has 2 aromatic carbocycles. The zero-order valence-electron chi connectivity index (χ0n) is 18.6. The summed E-state index contributed by atoms with van der Waals surface area (Å²) < 4.78 is 29.8. The van der Waals surface area contributed by atoms with Crippen LogP contribution in [0.2, 0.25) is 0 Å². The van der Waals surface area contributed by atoms with Crippen molar-refractivity contribution in [1.29, 1.82) is 0 Å². The van der Waals surface area contributed by atoms with Gasteiger partial charge < -0.3 is 9.88 Å². The van der Waals surface area contributed by atoms with Gasteiger partial charge in [0, 0.05) is 31.7 Å². The summed E-state index contributed by atoms with van der Waals surface area (Å²) in [7, 11) is -1.99. The highest BCUT2D eigenvalue weighted by molar-refractivity contribution is 7.89. The average molecular weight is 455 g/mol. The van der Waals surface area contributed by atoms with Gasteiger partial charge in [0.2, 0.25) is 10.0 Å². The second-order valence-corrected chi connectivity index (χ2v) is 10.4. The van der Waals surface area contributed by atoms with E-state index >= 15 is 0 Å². The molecule has 0 bridgehead atoms. The molecule has 0 radical (unpaired) electrons. The fourth-order valence-corrected chi connectivity index (χ4v) is 5.93. The molecule has 1 aromatic heterocycles. The van der Waals surface area contributed by atoms with Crippen LogP contribution in [-0.2, 0) is 16.6 Å². The van der Waals surface area contributed by atoms with Crippen LogP contribution in [0.5, 0.6) is 0 Å². The van der Waals surface area contributed by atoms with E-state index in [9.17, 15) is 13.2 Å². The van der Waals surface area contributed by atoms with Crippen molar-refractivity contribution < 1.29 is 13.2 Å². The zero-order valence-corrected chi connectivity index (χ0v) is 19.4. The van der Waals surface area contributed by atoms with Crippen molar-refractivity contribution >= 4 is 27.0 Å². The average Bonchev–Trinajstić information content (AvgIpc) is 3.14. The Morgan fingerprint density at radius 2 is 1.88 bits per heavy atom. The van der Waals surface area contributed by atoms with Crippen LogP contribution in [0.4, 0.5) is 0 Å². The monoisotopic (exact) mass is 454 g/mol. The third-order valence-corrected chi connectivity index (χ3v) is 8.23. The normalized spacial score (nSPS) is 15.3. The number of aromatic nitrogens is 2. The number of hydrogen-bond acceptors (Lipinski definition) is 4. The lowest BCUT2D eigenvalue weighted by Crippen LogP contribution is -2.38. The first-order valence-electron chi connectivity index (χ1n) is 11.2. The van der Waals surface area contributed by atoms with Gasteiger partial charge in [0.15, 0.2) is 0 Å². The fourth-order valence-electron chi connectivity index (χ4n) is 4.47. The van der Waals surface area contributed by atoms with Crippen LogP contribution < -0.4 is 5.32 Å². The molecule has 0 unspecified atom stereocenters. The maximum absolute atomic E-state index is 13.1. The Bertz CT molecular complexity index is 1210. The number of fused-ring (bicyclic) bond motifs is 1. The van der Waals surface area contributed by atoms with Gasteiger partial charge in [-0.1, -0.05) is 37.5 Å². The van der Waals surface area contributed by atoms with E-state index in [0.29, 0.717) is 18.7 Å². The smallest absolute Gasteiger partial charge is 0.251 e. The Labute approximate surface area is 189 Å². The predicted octanol–water partition coefficient (Wildman–Crippen LogP) is 3.73. The van der Waals surface area contributed by atoms with Crippen molar-refractivity contribution in [2.45, 2.75) is 56.5 Å². The molecule has 0 aliphatic heterocycles. The number of sulfonamides is 1. The van der Waals surface area contributed by atoms with E-state index in [2.05, 4.69) is 14.9 Å². The number of para-hydroxylation sites is 2. The third kappa shape index (κ3) is 4.56. The van der Waals surface area contributed by atoms with Crippen molar-refractivity contribution in [2.24, 2.45) is 0 Å². The van der Waals surface area contributed by atoms with Crippen LogP contribution >= 0.6 is 0 Å². The van der Waals surface area contributed by atoms with Crippen LogP contribution in [0.1, 0.15) is 48.3 Å². The number of benzene rings is 2. The number of imidazole rings is 1. The highest BCUT2D eigenvalue weighted by Crippen LogP contribution is 2.26. The van der Waals surface area contributed by atoms with Gasteiger partial charge in [-0.2, -0.15) is 4.31 Å². The van der Waals surface area contributed by atoms with E-state index in [-0.39, 0.29) is 16.8 Å². The van der Waals surface area contributed by atoms with Crippen molar-refractivity contribution in [3.8, 4) is 0 Å².